The van der Waals surface area contributed by atoms with Crippen molar-refractivity contribution in [3.63, 3.8) is 0 Å². The SMILES string of the molecule is CC(C)(N)C(=O)Oc1ccc2c(c1)CCC1C2CCC2(C)C(O)CCC12.[CH2-]CC.[CH2-]CCC(F)(F)C(F)(F)F.[CH3-].[Os]. The second-order valence-corrected chi connectivity index (χ2v) is 11.8. The third-order valence-electron chi connectivity index (χ3n) is 8.29. The summed E-state index contributed by atoms with van der Waals surface area (Å²) in [4.78, 5) is 12.1. The number of benzene rings is 1. The number of nitrogens with two attached hydrogens (primary N) is 1. The molecule has 240 valence electrons. The Morgan fingerprint density at radius 1 is 1.12 bits per heavy atom. The van der Waals surface area contributed by atoms with Gasteiger partial charge in [0.2, 0.25) is 0 Å². The van der Waals surface area contributed by atoms with Crippen LogP contribution in [0, 0.1) is 38.5 Å². The molecule has 2 saturated carbocycles. The Balaban J connectivity index is 0.000000911. The summed E-state index contributed by atoms with van der Waals surface area (Å²) in [6, 6.07) is 6.11. The summed E-state index contributed by atoms with van der Waals surface area (Å²) in [5.41, 5.74) is 7.69. The summed E-state index contributed by atoms with van der Waals surface area (Å²) in [5, 5.41) is 10.5. The number of carbonyl (C=O) groups excluding carboxylic acids is 1. The molecule has 0 amide bonds. The van der Waals surface area contributed by atoms with Crippen molar-refractivity contribution < 1.29 is 56.4 Å². The fourth-order valence-corrected chi connectivity index (χ4v) is 6.20. The van der Waals surface area contributed by atoms with Crippen molar-refractivity contribution in [2.24, 2.45) is 23.0 Å². The van der Waals surface area contributed by atoms with Crippen LogP contribution in [0.15, 0.2) is 18.2 Å². The van der Waals surface area contributed by atoms with E-state index in [4.69, 9.17) is 10.5 Å². The van der Waals surface area contributed by atoms with Crippen molar-refractivity contribution in [1.82, 2.24) is 0 Å². The fourth-order valence-electron chi connectivity index (χ4n) is 6.20. The standard InChI is InChI=1S/C22H31NO3.C5H6F5.C3H7.CH3.Os/c1-21(2,23)20(25)26-14-5-7-15-13(12-14)4-6-17-16(15)10-11-22(3)18(17)8-9-19(22)24;1-2-3-4(6,7)5(8,9)10;1-3-2;;/h5,7,12,16-19,24H,4,6,8-11,23H2,1-3H3;1-3H2;1,3H2,2H3;1H3;/q;3*-1;. The van der Waals surface area contributed by atoms with E-state index in [0.29, 0.717) is 23.5 Å². The molecule has 41 heavy (non-hydrogen) atoms. The van der Waals surface area contributed by atoms with Crippen molar-refractivity contribution in [2.45, 2.75) is 115 Å². The van der Waals surface area contributed by atoms with Gasteiger partial charge in [-0.2, -0.15) is 34.8 Å². The molecule has 3 aliphatic rings. The molecule has 4 nitrogen and oxygen atoms in total. The van der Waals surface area contributed by atoms with Crippen molar-refractivity contribution in [1.29, 1.82) is 0 Å². The molecule has 0 heterocycles. The van der Waals surface area contributed by atoms with Crippen LogP contribution >= 0.6 is 0 Å². The molecular weight excluding hydrogens is 720 g/mol. The molecule has 5 unspecified atom stereocenters. The first-order valence-electron chi connectivity index (χ1n) is 13.8. The van der Waals surface area contributed by atoms with Gasteiger partial charge in [-0.15, -0.1) is 0 Å². The summed E-state index contributed by atoms with van der Waals surface area (Å²) in [6.45, 7) is 14.0. The number of carbonyl (C=O) groups is 1. The molecule has 0 bridgehead atoms. The van der Waals surface area contributed by atoms with Gasteiger partial charge in [0.15, 0.2) is 0 Å². The van der Waals surface area contributed by atoms with Crippen LogP contribution in [0.3, 0.4) is 0 Å². The quantitative estimate of drug-likeness (QED) is 0.141. The normalized spacial score (nSPS) is 26.7. The molecule has 0 radical (unpaired) electrons. The number of aliphatic hydroxyl groups excluding tert-OH is 1. The van der Waals surface area contributed by atoms with Gasteiger partial charge in [-0.3, -0.25) is 0 Å². The number of halogens is 5. The van der Waals surface area contributed by atoms with E-state index in [1.807, 2.05) is 19.1 Å². The molecule has 5 atom stereocenters. The topological polar surface area (TPSA) is 72.6 Å². The van der Waals surface area contributed by atoms with E-state index in [9.17, 15) is 31.9 Å². The average molecular weight is 767 g/mol. The molecule has 1 aromatic carbocycles. The van der Waals surface area contributed by atoms with Gasteiger partial charge in [0.05, 0.1) is 6.10 Å². The van der Waals surface area contributed by atoms with E-state index in [-0.39, 0.29) is 38.7 Å². The van der Waals surface area contributed by atoms with E-state index in [1.165, 1.54) is 17.5 Å². The molecular formula is C31H47F5NO3Os-3. The Morgan fingerprint density at radius 3 is 2.20 bits per heavy atom. The number of alkyl halides is 5. The number of aliphatic hydroxyl groups is 1. The first-order valence-corrected chi connectivity index (χ1v) is 13.8. The van der Waals surface area contributed by atoms with Gasteiger partial charge in [-0.1, -0.05) is 19.9 Å². The van der Waals surface area contributed by atoms with Crippen molar-refractivity contribution in [3.8, 4) is 5.75 Å². The minimum Gasteiger partial charge on any atom is -0.425 e. The van der Waals surface area contributed by atoms with Gasteiger partial charge in [0, 0.05) is 19.8 Å². The fraction of sp³-hybridized carbons (Fsp3) is 0.677. The monoisotopic (exact) mass is 768 g/mol. The molecule has 0 spiro atoms. The van der Waals surface area contributed by atoms with Crippen molar-refractivity contribution in [3.05, 3.63) is 50.6 Å². The maximum Gasteiger partial charge on any atom is 0.453 e. The molecule has 2 fully saturated rings. The Bertz CT molecular complexity index is 966. The number of rotatable bonds is 4. The van der Waals surface area contributed by atoms with E-state index >= 15 is 0 Å². The number of esters is 1. The Morgan fingerprint density at radius 2 is 1.71 bits per heavy atom. The first-order chi connectivity index (χ1) is 17.9. The maximum absolute atomic E-state index is 12.1. The van der Waals surface area contributed by atoms with Gasteiger partial charge < -0.3 is 36.9 Å². The van der Waals surface area contributed by atoms with Crippen LogP contribution in [-0.4, -0.2) is 34.8 Å². The minimum atomic E-state index is -5.43. The van der Waals surface area contributed by atoms with Gasteiger partial charge in [0.25, 0.3) is 0 Å². The first kappa shape index (κ1) is 39.9. The number of aryl methyl sites for hydroxylation is 1. The Labute approximate surface area is 256 Å². The summed E-state index contributed by atoms with van der Waals surface area (Å²) >= 11 is 0. The molecule has 0 aromatic heterocycles. The second kappa shape index (κ2) is 15.6. The van der Waals surface area contributed by atoms with Crippen molar-refractivity contribution in [2.75, 3.05) is 0 Å². The van der Waals surface area contributed by atoms with E-state index in [0.717, 1.165) is 38.5 Å². The molecule has 4 rings (SSSR count). The average Bonchev–Trinajstić information content (AvgIpc) is 3.13. The zero-order valence-corrected chi connectivity index (χ0v) is 27.4. The number of hydrogen-bond donors (Lipinski definition) is 2. The molecule has 1 aromatic rings. The molecule has 3 N–H and O–H groups in total. The van der Waals surface area contributed by atoms with Gasteiger partial charge in [0.1, 0.15) is 11.3 Å². The zero-order valence-electron chi connectivity index (χ0n) is 24.9. The summed E-state index contributed by atoms with van der Waals surface area (Å²) in [7, 11) is 0. The van der Waals surface area contributed by atoms with Gasteiger partial charge in [-0.25, -0.2) is 4.79 Å². The number of fused-ring (bicyclic) bond motifs is 5. The Hall–Kier alpha value is -1.10. The van der Waals surface area contributed by atoms with E-state index in [1.54, 1.807) is 13.8 Å². The van der Waals surface area contributed by atoms with Crippen LogP contribution < -0.4 is 10.5 Å². The minimum absolute atomic E-state index is 0. The van der Waals surface area contributed by atoms with Crippen molar-refractivity contribution >= 4 is 5.97 Å². The van der Waals surface area contributed by atoms with Crippen LogP contribution in [0.5, 0.6) is 5.75 Å². The molecule has 10 heteroatoms. The van der Waals surface area contributed by atoms with Crippen LogP contribution in [0.25, 0.3) is 0 Å². The van der Waals surface area contributed by atoms with Crippen LogP contribution in [0.2, 0.25) is 0 Å². The molecule has 3 aliphatic carbocycles. The van der Waals surface area contributed by atoms with Crippen LogP contribution in [0.1, 0.15) is 96.1 Å². The summed E-state index contributed by atoms with van der Waals surface area (Å²) in [6.07, 6.45) is 0.357. The zero-order chi connectivity index (χ0) is 29.8. The third kappa shape index (κ3) is 9.44. The van der Waals surface area contributed by atoms with E-state index in [2.05, 4.69) is 26.8 Å². The number of ether oxygens (including phenoxy) is 1. The smallest absolute Gasteiger partial charge is 0.425 e. The largest absolute Gasteiger partial charge is 0.453 e. The predicted molar refractivity (Wildman–Crippen MR) is 149 cm³/mol. The molecule has 0 aliphatic heterocycles. The Kier molecular flexibility index (Phi) is 15.2. The maximum atomic E-state index is 12.1. The third-order valence-corrected chi connectivity index (χ3v) is 8.29. The summed E-state index contributed by atoms with van der Waals surface area (Å²) < 4.78 is 62.7. The predicted octanol–water partition coefficient (Wildman–Crippen LogP) is 8.02. The van der Waals surface area contributed by atoms with Gasteiger partial charge in [-0.05, 0) is 105 Å². The number of hydrogen-bond acceptors (Lipinski definition) is 4. The summed E-state index contributed by atoms with van der Waals surface area (Å²) in [5.74, 6) is -2.48. The second-order valence-electron chi connectivity index (χ2n) is 11.8. The van der Waals surface area contributed by atoms with E-state index < -0.39 is 36.4 Å². The molecule has 0 saturated heterocycles. The van der Waals surface area contributed by atoms with Crippen LogP contribution in [-0.2, 0) is 31.0 Å². The van der Waals surface area contributed by atoms with Crippen LogP contribution in [0.4, 0.5) is 22.0 Å². The van der Waals surface area contributed by atoms with Gasteiger partial charge >= 0.3 is 18.1 Å².